The number of hydrogen-bond acceptors (Lipinski definition) is 6. The Morgan fingerprint density at radius 1 is 0.522 bits per heavy atom. The van der Waals surface area contributed by atoms with E-state index in [0.717, 1.165) is 55.6 Å². The largest absolute Gasteiger partial charge is 0.491 e. The minimum Gasteiger partial charge on any atom is -0.491 e. The van der Waals surface area contributed by atoms with E-state index in [4.69, 9.17) is 9.47 Å². The van der Waals surface area contributed by atoms with Gasteiger partial charge in [0, 0.05) is 35.4 Å². The van der Waals surface area contributed by atoms with E-state index >= 15 is 0 Å². The lowest BCUT2D eigenvalue weighted by atomic mass is 9.92. The Labute approximate surface area is 266 Å². The van der Waals surface area contributed by atoms with Gasteiger partial charge in [-0.1, -0.05) is 120 Å². The Balaban J connectivity index is 1.10. The molecule has 0 bridgehead atoms. The van der Waals surface area contributed by atoms with Crippen LogP contribution in [-0.2, 0) is 13.1 Å². The fourth-order valence-electron chi connectivity index (χ4n) is 6.17. The highest BCUT2D eigenvalue weighted by Crippen LogP contribution is 2.45. The minimum atomic E-state index is 0.180. The zero-order valence-electron chi connectivity index (χ0n) is 25.2. The third-order valence-corrected chi connectivity index (χ3v) is 8.48. The predicted molar refractivity (Wildman–Crippen MR) is 180 cm³/mol. The Kier molecular flexibility index (Phi) is 7.44. The first-order valence-electron chi connectivity index (χ1n) is 15.6. The molecule has 0 radical (unpaired) electrons. The highest BCUT2D eigenvalue weighted by molar-refractivity contribution is 6.09. The summed E-state index contributed by atoms with van der Waals surface area (Å²) in [6, 6.07) is 25.2. The van der Waals surface area contributed by atoms with Crippen molar-refractivity contribution in [2.24, 2.45) is 0 Å². The molecule has 8 nitrogen and oxygen atoms in total. The Bertz CT molecular complexity index is 1980. The van der Waals surface area contributed by atoms with E-state index in [9.17, 15) is 0 Å². The standard InChI is InChI=1S/C38H32N6O2/c1-2-12-29(11-1)33-25-43(41-39-33)21-23-45-35-19-17-27-9-5-7-15-31(27)37(35)38-32-16-8-6-10-28(32)18-20-36(38)46-24-22-44-26-34(40-42-44)30-13-3-4-14-30/h1-20,25-26,29-30H,21-24H2. The van der Waals surface area contributed by atoms with Gasteiger partial charge in [-0.05, 0) is 33.7 Å². The minimum absolute atomic E-state index is 0.180. The highest BCUT2D eigenvalue weighted by Gasteiger charge is 2.20. The molecule has 0 saturated carbocycles. The molecule has 0 amide bonds. The summed E-state index contributed by atoms with van der Waals surface area (Å²) in [7, 11) is 0. The van der Waals surface area contributed by atoms with Crippen LogP contribution in [0.2, 0.25) is 0 Å². The summed E-state index contributed by atoms with van der Waals surface area (Å²) in [6.45, 7) is 2.02. The first-order valence-corrected chi connectivity index (χ1v) is 15.6. The summed E-state index contributed by atoms with van der Waals surface area (Å²) in [5, 5.41) is 21.9. The van der Waals surface area contributed by atoms with Crippen molar-refractivity contribution in [3.63, 3.8) is 0 Å². The van der Waals surface area contributed by atoms with E-state index in [2.05, 4.69) is 118 Å². The molecule has 4 aromatic carbocycles. The highest BCUT2D eigenvalue weighted by atomic mass is 16.5. The van der Waals surface area contributed by atoms with Gasteiger partial charge < -0.3 is 9.47 Å². The topological polar surface area (TPSA) is 79.9 Å². The summed E-state index contributed by atoms with van der Waals surface area (Å²) >= 11 is 0. The first-order chi connectivity index (χ1) is 22.8. The van der Waals surface area contributed by atoms with Gasteiger partial charge in [0.15, 0.2) is 0 Å². The molecule has 46 heavy (non-hydrogen) atoms. The van der Waals surface area contributed by atoms with Crippen molar-refractivity contribution < 1.29 is 9.47 Å². The van der Waals surface area contributed by atoms with Gasteiger partial charge in [-0.2, -0.15) is 0 Å². The van der Waals surface area contributed by atoms with E-state index in [-0.39, 0.29) is 11.8 Å². The van der Waals surface area contributed by atoms with Gasteiger partial charge in [-0.25, -0.2) is 9.36 Å². The number of benzene rings is 4. The Morgan fingerprint density at radius 3 is 1.41 bits per heavy atom. The molecule has 0 saturated heterocycles. The van der Waals surface area contributed by atoms with Crippen LogP contribution in [0.15, 0.2) is 134 Å². The average Bonchev–Trinajstić information content (AvgIpc) is 3.93. The molecule has 2 heterocycles. The fraction of sp³-hybridized carbons (Fsp3) is 0.158. The average molecular weight is 605 g/mol. The Morgan fingerprint density at radius 2 is 0.957 bits per heavy atom. The van der Waals surface area contributed by atoms with E-state index in [1.165, 1.54) is 0 Å². The van der Waals surface area contributed by atoms with E-state index in [1.807, 2.05) is 46.1 Å². The van der Waals surface area contributed by atoms with Crippen LogP contribution < -0.4 is 9.47 Å². The Hall–Kier alpha value is -5.76. The second-order valence-electron chi connectivity index (χ2n) is 11.4. The number of fused-ring (bicyclic) bond motifs is 2. The van der Waals surface area contributed by atoms with Crippen LogP contribution in [0, 0.1) is 0 Å². The summed E-state index contributed by atoms with van der Waals surface area (Å²) in [6.07, 6.45) is 20.6. The fourth-order valence-corrected chi connectivity index (χ4v) is 6.17. The zero-order chi connectivity index (χ0) is 30.7. The quantitative estimate of drug-likeness (QED) is 0.153. The molecule has 2 aliphatic carbocycles. The van der Waals surface area contributed by atoms with E-state index in [0.29, 0.717) is 26.3 Å². The lowest BCUT2D eigenvalue weighted by molar-refractivity contribution is 0.287. The molecular weight excluding hydrogens is 572 g/mol. The number of allylic oxidation sites excluding steroid dienone is 8. The summed E-state index contributed by atoms with van der Waals surface area (Å²) < 4.78 is 16.8. The zero-order valence-corrected chi connectivity index (χ0v) is 25.2. The lowest BCUT2D eigenvalue weighted by Gasteiger charge is -2.20. The smallest absolute Gasteiger partial charge is 0.128 e. The molecule has 2 aliphatic rings. The number of nitrogens with zero attached hydrogens (tertiary/aromatic N) is 6. The van der Waals surface area contributed by atoms with Gasteiger partial charge in [0.1, 0.15) is 24.7 Å². The SMILES string of the molecule is C1=CC(c2cn(CCOc3ccc4ccccc4c3-c3c(OCCn4cc(C5C=CC=C5)nn4)ccc4ccccc34)nn2)C=C1. The van der Waals surface area contributed by atoms with E-state index in [1.54, 1.807) is 0 Å². The van der Waals surface area contributed by atoms with Gasteiger partial charge in [0.2, 0.25) is 0 Å². The molecule has 8 heteroatoms. The summed E-state index contributed by atoms with van der Waals surface area (Å²) in [5.41, 5.74) is 3.88. The van der Waals surface area contributed by atoms with Gasteiger partial charge in [-0.15, -0.1) is 10.2 Å². The molecule has 0 unspecified atom stereocenters. The van der Waals surface area contributed by atoms with Gasteiger partial charge in [-0.3, -0.25) is 0 Å². The van der Waals surface area contributed by atoms with E-state index < -0.39 is 0 Å². The molecule has 0 aliphatic heterocycles. The number of hydrogen-bond donors (Lipinski definition) is 0. The van der Waals surface area contributed by atoms with Crippen LogP contribution in [0.4, 0.5) is 0 Å². The second-order valence-corrected chi connectivity index (χ2v) is 11.4. The van der Waals surface area contributed by atoms with Crippen LogP contribution >= 0.6 is 0 Å². The molecule has 226 valence electrons. The van der Waals surface area contributed by atoms with Crippen molar-refractivity contribution in [3.05, 3.63) is 145 Å². The monoisotopic (exact) mass is 604 g/mol. The maximum Gasteiger partial charge on any atom is 0.128 e. The maximum atomic E-state index is 6.56. The van der Waals surface area contributed by atoms with Crippen LogP contribution in [0.1, 0.15) is 23.2 Å². The normalized spacial score (nSPS) is 14.3. The third-order valence-electron chi connectivity index (χ3n) is 8.48. The number of ether oxygens (including phenoxy) is 2. The first kappa shape index (κ1) is 27.8. The van der Waals surface area contributed by atoms with Crippen molar-refractivity contribution in [3.8, 4) is 22.6 Å². The molecule has 8 rings (SSSR count). The molecule has 0 spiro atoms. The van der Waals surface area contributed by atoms with Crippen LogP contribution in [0.5, 0.6) is 11.5 Å². The second kappa shape index (κ2) is 12.3. The molecule has 0 fully saturated rings. The van der Waals surface area contributed by atoms with Crippen LogP contribution in [-0.4, -0.2) is 43.2 Å². The van der Waals surface area contributed by atoms with Gasteiger partial charge >= 0.3 is 0 Å². The molecule has 2 aromatic heterocycles. The van der Waals surface area contributed by atoms with Crippen molar-refractivity contribution >= 4 is 21.5 Å². The van der Waals surface area contributed by atoms with Gasteiger partial charge in [0.05, 0.1) is 24.5 Å². The van der Waals surface area contributed by atoms with Gasteiger partial charge in [0.25, 0.3) is 0 Å². The predicted octanol–water partition coefficient (Wildman–Crippen LogP) is 7.42. The molecule has 6 aromatic rings. The molecule has 0 N–H and O–H groups in total. The lowest BCUT2D eigenvalue weighted by Crippen LogP contribution is -2.10. The van der Waals surface area contributed by atoms with Crippen molar-refractivity contribution in [1.82, 2.24) is 30.0 Å². The van der Waals surface area contributed by atoms with Crippen molar-refractivity contribution in [2.45, 2.75) is 24.9 Å². The van der Waals surface area contributed by atoms with Crippen molar-refractivity contribution in [1.29, 1.82) is 0 Å². The summed E-state index contributed by atoms with van der Waals surface area (Å²) in [5.74, 6) is 1.94. The third kappa shape index (κ3) is 5.49. The van der Waals surface area contributed by atoms with Crippen molar-refractivity contribution in [2.75, 3.05) is 13.2 Å². The number of rotatable bonds is 11. The maximum absolute atomic E-state index is 6.56. The number of aromatic nitrogens is 6. The molecular formula is C38H32N6O2. The van der Waals surface area contributed by atoms with Crippen LogP contribution in [0.25, 0.3) is 32.7 Å². The summed E-state index contributed by atoms with van der Waals surface area (Å²) in [4.78, 5) is 0. The van der Waals surface area contributed by atoms with Crippen LogP contribution in [0.3, 0.4) is 0 Å². The molecule has 0 atom stereocenters.